The Morgan fingerprint density at radius 3 is 2.93 bits per heavy atom. The van der Waals surface area contributed by atoms with Crippen molar-refractivity contribution in [1.29, 1.82) is 0 Å². The van der Waals surface area contributed by atoms with E-state index in [1.165, 1.54) is 25.0 Å². The topological polar surface area (TPSA) is 29.4 Å². The summed E-state index contributed by atoms with van der Waals surface area (Å²) in [7, 11) is 0. The van der Waals surface area contributed by atoms with Crippen LogP contribution in [0, 0.1) is 5.82 Å². The molecule has 2 nitrogen and oxygen atoms in total. The van der Waals surface area contributed by atoms with Crippen molar-refractivity contribution in [3.63, 3.8) is 0 Å². The van der Waals surface area contributed by atoms with E-state index in [9.17, 15) is 9.18 Å². The van der Waals surface area contributed by atoms with Crippen molar-refractivity contribution in [2.75, 3.05) is 0 Å². The van der Waals surface area contributed by atoms with Gasteiger partial charge in [-0.1, -0.05) is 6.07 Å². The highest BCUT2D eigenvalue weighted by atomic mass is 32.2. The quantitative estimate of drug-likeness (QED) is 0.580. The van der Waals surface area contributed by atoms with Gasteiger partial charge in [-0.25, -0.2) is 14.2 Å². The Balaban J connectivity index is 2.10. The summed E-state index contributed by atoms with van der Waals surface area (Å²) in [5, 5.41) is 0.596. The summed E-state index contributed by atoms with van der Waals surface area (Å²) in [4.78, 5) is 14.0. The molecular weight excluding hydrogens is 213 g/mol. The van der Waals surface area contributed by atoms with Crippen molar-refractivity contribution in [3.8, 4) is 0 Å². The molecule has 1 aromatic carbocycles. The number of rotatable bonds is 4. The second kappa shape index (κ2) is 4.60. The van der Waals surface area contributed by atoms with E-state index in [1.54, 1.807) is 23.9 Å². The molecule has 0 saturated heterocycles. The Hall–Kier alpha value is -1.12. The number of thioether (sulfide) groups is 1. The molecule has 0 aromatic heterocycles. The van der Waals surface area contributed by atoms with Crippen LogP contribution in [0.15, 0.2) is 28.1 Å². The highest BCUT2D eigenvalue weighted by Crippen LogP contribution is 2.40. The lowest BCUT2D eigenvalue weighted by Gasteiger charge is -2.02. The van der Waals surface area contributed by atoms with Gasteiger partial charge in [0.1, 0.15) is 5.82 Å². The van der Waals surface area contributed by atoms with Crippen LogP contribution >= 0.6 is 11.8 Å². The molecule has 0 unspecified atom stereocenters. The van der Waals surface area contributed by atoms with Gasteiger partial charge in [-0.2, -0.15) is 0 Å². The molecule has 2 rings (SSSR count). The first-order chi connectivity index (χ1) is 7.29. The Kier molecular flexibility index (Phi) is 3.19. The minimum Gasteiger partial charge on any atom is -0.211 e. The monoisotopic (exact) mass is 223 g/mol. The first kappa shape index (κ1) is 10.4. The Morgan fingerprint density at radius 2 is 2.33 bits per heavy atom. The summed E-state index contributed by atoms with van der Waals surface area (Å²) in [5.74, 6) is -0.217. The third kappa shape index (κ3) is 2.91. The summed E-state index contributed by atoms with van der Waals surface area (Å²) in [6, 6.07) is 4.99. The lowest BCUT2D eigenvalue weighted by molar-refractivity contribution is 0.562. The van der Waals surface area contributed by atoms with E-state index in [0.717, 1.165) is 0 Å². The third-order valence-electron chi connectivity index (χ3n) is 2.14. The van der Waals surface area contributed by atoms with E-state index < -0.39 is 0 Å². The second-order valence-corrected chi connectivity index (χ2v) is 4.83. The summed E-state index contributed by atoms with van der Waals surface area (Å²) in [6.07, 6.45) is 3.80. The summed E-state index contributed by atoms with van der Waals surface area (Å²) in [5.41, 5.74) is 0.705. The van der Waals surface area contributed by atoms with Crippen LogP contribution in [0.1, 0.15) is 18.4 Å². The van der Waals surface area contributed by atoms with E-state index >= 15 is 0 Å². The van der Waals surface area contributed by atoms with Crippen molar-refractivity contribution in [1.82, 2.24) is 0 Å². The van der Waals surface area contributed by atoms with Crippen molar-refractivity contribution < 1.29 is 9.18 Å². The minimum absolute atomic E-state index is 0.203. The molecule has 0 radical (unpaired) electrons. The van der Waals surface area contributed by atoms with Crippen LogP contribution in [0.5, 0.6) is 0 Å². The summed E-state index contributed by atoms with van der Waals surface area (Å²) < 4.78 is 13.5. The van der Waals surface area contributed by atoms with Gasteiger partial charge < -0.3 is 0 Å². The zero-order chi connectivity index (χ0) is 10.7. The highest BCUT2D eigenvalue weighted by molar-refractivity contribution is 8.00. The number of hydrogen-bond donors (Lipinski definition) is 0. The van der Waals surface area contributed by atoms with Crippen LogP contribution < -0.4 is 0 Å². The maximum Gasteiger partial charge on any atom is 0.235 e. The van der Waals surface area contributed by atoms with Crippen molar-refractivity contribution in [2.45, 2.75) is 29.5 Å². The molecule has 78 valence electrons. The van der Waals surface area contributed by atoms with Gasteiger partial charge >= 0.3 is 0 Å². The van der Waals surface area contributed by atoms with Crippen LogP contribution in [-0.4, -0.2) is 11.3 Å². The standard InChI is InChI=1S/C11H10FNOS/c12-10-5-8(6-13-7-14)1-4-11(10)15-9-2-3-9/h1,4-5,9H,2-3,6H2. The minimum atomic E-state index is -0.217. The fourth-order valence-electron chi connectivity index (χ4n) is 1.23. The number of hydrogen-bond acceptors (Lipinski definition) is 3. The van der Waals surface area contributed by atoms with Gasteiger partial charge in [-0.15, -0.1) is 11.8 Å². The predicted octanol–water partition coefficient (Wildman–Crippen LogP) is 2.92. The number of aliphatic imine (C=N–C) groups is 1. The number of nitrogens with zero attached hydrogens (tertiary/aromatic N) is 1. The van der Waals surface area contributed by atoms with Crippen LogP contribution in [0.25, 0.3) is 0 Å². The average Bonchev–Trinajstić information content (AvgIpc) is 3.02. The molecule has 1 aliphatic carbocycles. The molecule has 1 fully saturated rings. The Labute approximate surface area is 91.6 Å². The predicted molar refractivity (Wildman–Crippen MR) is 57.1 cm³/mol. The van der Waals surface area contributed by atoms with Crippen LogP contribution in [0.3, 0.4) is 0 Å². The lowest BCUT2D eigenvalue weighted by atomic mass is 10.2. The van der Waals surface area contributed by atoms with Gasteiger partial charge in [-0.3, -0.25) is 0 Å². The smallest absolute Gasteiger partial charge is 0.211 e. The highest BCUT2D eigenvalue weighted by Gasteiger charge is 2.23. The Bertz CT molecular complexity index is 411. The maximum absolute atomic E-state index is 13.5. The van der Waals surface area contributed by atoms with Crippen molar-refractivity contribution >= 4 is 17.8 Å². The molecule has 0 amide bonds. The Morgan fingerprint density at radius 1 is 1.53 bits per heavy atom. The van der Waals surface area contributed by atoms with E-state index in [2.05, 4.69) is 4.99 Å². The van der Waals surface area contributed by atoms with E-state index in [1.807, 2.05) is 0 Å². The number of benzene rings is 1. The van der Waals surface area contributed by atoms with E-state index in [0.29, 0.717) is 15.7 Å². The van der Waals surface area contributed by atoms with Crippen molar-refractivity contribution in [3.05, 3.63) is 29.6 Å². The lowest BCUT2D eigenvalue weighted by Crippen LogP contribution is -1.87. The summed E-state index contributed by atoms with van der Waals surface area (Å²) >= 11 is 1.59. The first-order valence-electron chi connectivity index (χ1n) is 4.78. The molecule has 1 aliphatic rings. The number of carbonyl (C=O) groups excluding carboxylic acids is 1. The summed E-state index contributed by atoms with van der Waals surface area (Å²) in [6.45, 7) is 0.203. The molecule has 1 aromatic rings. The van der Waals surface area contributed by atoms with Gasteiger partial charge in [0.25, 0.3) is 0 Å². The zero-order valence-corrected chi connectivity index (χ0v) is 8.89. The molecule has 1 saturated carbocycles. The van der Waals surface area contributed by atoms with Gasteiger partial charge in [0, 0.05) is 10.1 Å². The average molecular weight is 223 g/mol. The fraction of sp³-hybridized carbons (Fsp3) is 0.364. The number of isocyanates is 1. The van der Waals surface area contributed by atoms with Crippen molar-refractivity contribution in [2.24, 2.45) is 4.99 Å². The first-order valence-corrected chi connectivity index (χ1v) is 5.66. The normalized spacial score (nSPS) is 14.7. The molecule has 15 heavy (non-hydrogen) atoms. The number of halogens is 1. The van der Waals surface area contributed by atoms with Crippen LogP contribution in [-0.2, 0) is 11.3 Å². The fourth-order valence-corrected chi connectivity index (χ4v) is 2.28. The van der Waals surface area contributed by atoms with Gasteiger partial charge in [0.05, 0.1) is 6.54 Å². The largest absolute Gasteiger partial charge is 0.235 e. The molecule has 4 heteroatoms. The zero-order valence-electron chi connectivity index (χ0n) is 8.07. The third-order valence-corrected chi connectivity index (χ3v) is 3.53. The molecule has 0 aliphatic heterocycles. The van der Waals surface area contributed by atoms with Gasteiger partial charge in [-0.05, 0) is 30.5 Å². The molecule has 0 heterocycles. The van der Waals surface area contributed by atoms with E-state index in [-0.39, 0.29) is 12.4 Å². The molecule has 0 N–H and O–H groups in total. The van der Waals surface area contributed by atoms with Gasteiger partial charge in [0.15, 0.2) is 0 Å². The van der Waals surface area contributed by atoms with Crippen LogP contribution in [0.2, 0.25) is 0 Å². The molecular formula is C11H10FNOS. The molecule has 0 atom stereocenters. The SMILES string of the molecule is O=C=NCc1ccc(SC2CC2)c(F)c1. The molecule has 0 bridgehead atoms. The molecule has 0 spiro atoms. The second-order valence-electron chi connectivity index (χ2n) is 3.49. The van der Waals surface area contributed by atoms with Gasteiger partial charge in [0.2, 0.25) is 6.08 Å². The maximum atomic E-state index is 13.5. The van der Waals surface area contributed by atoms with Crippen LogP contribution in [0.4, 0.5) is 4.39 Å². The van der Waals surface area contributed by atoms with E-state index in [4.69, 9.17) is 0 Å².